The van der Waals surface area contributed by atoms with E-state index in [0.29, 0.717) is 5.02 Å². The second-order valence-corrected chi connectivity index (χ2v) is 7.32. The summed E-state index contributed by atoms with van der Waals surface area (Å²) in [6, 6.07) is 6.33. The van der Waals surface area contributed by atoms with Crippen molar-refractivity contribution in [2.45, 2.75) is 46.3 Å². The van der Waals surface area contributed by atoms with Gasteiger partial charge in [-0.3, -0.25) is 15.2 Å². The fraction of sp³-hybridized carbons (Fsp3) is 0.529. The first-order valence-corrected chi connectivity index (χ1v) is 8.16. The average Bonchev–Trinajstić information content (AvgIpc) is 2.43. The topological polar surface area (TPSA) is 70.7 Å². The van der Waals surface area contributed by atoms with E-state index in [2.05, 4.69) is 10.7 Å². The molecule has 0 aliphatic carbocycles. The molecule has 0 bridgehead atoms. The van der Waals surface area contributed by atoms with Gasteiger partial charge in [0, 0.05) is 12.1 Å². The van der Waals surface area contributed by atoms with Crippen LogP contribution in [0.1, 0.15) is 34.6 Å². The van der Waals surface area contributed by atoms with Crippen LogP contribution in [-0.4, -0.2) is 30.7 Å². The molecule has 0 aromatic heterocycles. The van der Waals surface area contributed by atoms with Crippen molar-refractivity contribution < 1.29 is 14.3 Å². The molecule has 0 fully saturated rings. The predicted molar refractivity (Wildman–Crippen MR) is 96.0 cm³/mol. The Kier molecular flexibility index (Phi) is 6.90. The number of amides is 2. The van der Waals surface area contributed by atoms with Crippen LogP contribution in [0.2, 0.25) is 5.02 Å². The molecule has 0 aliphatic heterocycles. The number of ether oxygens (including phenoxy) is 1. The van der Waals surface area contributed by atoms with Crippen LogP contribution < -0.4 is 15.8 Å². The van der Waals surface area contributed by atoms with Gasteiger partial charge >= 0.3 is 6.09 Å². The van der Waals surface area contributed by atoms with Crippen molar-refractivity contribution in [3.8, 4) is 0 Å². The van der Waals surface area contributed by atoms with Gasteiger partial charge in [0.2, 0.25) is 0 Å². The van der Waals surface area contributed by atoms with Gasteiger partial charge in [0.25, 0.3) is 5.91 Å². The molecule has 24 heavy (non-hydrogen) atoms. The van der Waals surface area contributed by atoms with Crippen LogP contribution in [0.5, 0.6) is 0 Å². The standard InChI is InChI=1S/C17H26ClN3O3/c1-11(2)14(19-16(23)24-17(3,4)5)15(22)20-21(6)13-9-7-12(18)8-10-13/h7-11,14H,1-6H3,(H,19,23)(H,20,22)/t14-/m0/s1. The van der Waals surface area contributed by atoms with Crippen molar-refractivity contribution in [2.24, 2.45) is 5.92 Å². The van der Waals surface area contributed by atoms with E-state index in [9.17, 15) is 9.59 Å². The third-order valence-electron chi connectivity index (χ3n) is 3.11. The second kappa shape index (κ2) is 8.24. The molecule has 2 amide bonds. The van der Waals surface area contributed by atoms with Crippen molar-refractivity contribution in [1.82, 2.24) is 10.7 Å². The van der Waals surface area contributed by atoms with E-state index >= 15 is 0 Å². The molecule has 0 radical (unpaired) electrons. The molecule has 1 rings (SSSR count). The zero-order chi connectivity index (χ0) is 18.5. The summed E-state index contributed by atoms with van der Waals surface area (Å²) in [6.45, 7) is 9.01. The number of alkyl carbamates (subject to hydrolysis) is 1. The molecule has 0 saturated heterocycles. The predicted octanol–water partition coefficient (Wildman–Crippen LogP) is 3.36. The highest BCUT2D eigenvalue weighted by atomic mass is 35.5. The SMILES string of the molecule is CC(C)[C@H](NC(=O)OC(C)(C)C)C(=O)NN(C)c1ccc(Cl)cc1. The van der Waals surface area contributed by atoms with E-state index in [1.807, 2.05) is 13.8 Å². The van der Waals surface area contributed by atoms with Gasteiger partial charge in [0.1, 0.15) is 11.6 Å². The first kappa shape index (κ1) is 20.1. The highest BCUT2D eigenvalue weighted by Gasteiger charge is 2.27. The zero-order valence-electron chi connectivity index (χ0n) is 15.0. The summed E-state index contributed by atoms with van der Waals surface area (Å²) in [5.41, 5.74) is 2.89. The lowest BCUT2D eigenvalue weighted by Gasteiger charge is -2.28. The number of rotatable bonds is 5. The van der Waals surface area contributed by atoms with Crippen LogP contribution in [0, 0.1) is 5.92 Å². The minimum Gasteiger partial charge on any atom is -0.444 e. The number of hydrogen-bond donors (Lipinski definition) is 2. The summed E-state index contributed by atoms with van der Waals surface area (Å²) < 4.78 is 5.21. The molecule has 0 spiro atoms. The first-order valence-electron chi connectivity index (χ1n) is 7.79. The summed E-state index contributed by atoms with van der Waals surface area (Å²) in [7, 11) is 1.71. The molecule has 1 aromatic rings. The first-order chi connectivity index (χ1) is 11.0. The molecule has 0 heterocycles. The van der Waals surface area contributed by atoms with Crippen molar-refractivity contribution in [1.29, 1.82) is 0 Å². The van der Waals surface area contributed by atoms with Gasteiger partial charge in [0.05, 0.1) is 5.69 Å². The molecule has 2 N–H and O–H groups in total. The number of anilines is 1. The molecule has 7 heteroatoms. The Morgan fingerprint density at radius 2 is 1.71 bits per heavy atom. The number of halogens is 1. The molecule has 1 atom stereocenters. The number of nitrogens with one attached hydrogen (secondary N) is 2. The smallest absolute Gasteiger partial charge is 0.408 e. The third-order valence-corrected chi connectivity index (χ3v) is 3.37. The van der Waals surface area contributed by atoms with E-state index in [1.54, 1.807) is 57.1 Å². The third kappa shape index (κ3) is 6.66. The fourth-order valence-electron chi connectivity index (χ4n) is 1.93. The number of nitrogens with zero attached hydrogens (tertiary/aromatic N) is 1. The Labute approximate surface area is 148 Å². The number of benzene rings is 1. The molecule has 0 aliphatic rings. The lowest BCUT2D eigenvalue weighted by atomic mass is 10.0. The van der Waals surface area contributed by atoms with Crippen LogP contribution in [0.4, 0.5) is 10.5 Å². The molecule has 6 nitrogen and oxygen atoms in total. The summed E-state index contributed by atoms with van der Waals surface area (Å²) in [5.74, 6) is -0.426. The Balaban J connectivity index is 2.72. The van der Waals surface area contributed by atoms with Crippen LogP contribution in [0.25, 0.3) is 0 Å². The lowest BCUT2D eigenvalue weighted by Crippen LogP contribution is -2.54. The number of carbonyl (C=O) groups excluding carboxylic acids is 2. The van der Waals surface area contributed by atoms with Crippen molar-refractivity contribution in [3.05, 3.63) is 29.3 Å². The molecule has 1 aromatic carbocycles. The van der Waals surface area contributed by atoms with E-state index in [0.717, 1.165) is 5.69 Å². The maximum Gasteiger partial charge on any atom is 0.408 e. The Hall–Kier alpha value is -1.95. The van der Waals surface area contributed by atoms with Crippen LogP contribution in [0.3, 0.4) is 0 Å². The summed E-state index contributed by atoms with van der Waals surface area (Å²) in [4.78, 5) is 24.4. The van der Waals surface area contributed by atoms with Crippen LogP contribution >= 0.6 is 11.6 Å². The van der Waals surface area contributed by atoms with Gasteiger partial charge in [-0.25, -0.2) is 4.79 Å². The molecule has 0 unspecified atom stereocenters. The van der Waals surface area contributed by atoms with Crippen molar-refractivity contribution in [3.63, 3.8) is 0 Å². The number of hydrogen-bond acceptors (Lipinski definition) is 4. The van der Waals surface area contributed by atoms with Gasteiger partial charge in [-0.15, -0.1) is 0 Å². The minimum absolute atomic E-state index is 0.101. The van der Waals surface area contributed by atoms with Gasteiger partial charge in [-0.1, -0.05) is 25.4 Å². The zero-order valence-corrected chi connectivity index (χ0v) is 15.8. The van der Waals surface area contributed by atoms with Gasteiger partial charge in [-0.2, -0.15) is 0 Å². The molecule has 0 saturated carbocycles. The number of carbonyl (C=O) groups is 2. The second-order valence-electron chi connectivity index (χ2n) is 6.88. The summed E-state index contributed by atoms with van der Waals surface area (Å²) in [6.07, 6.45) is -0.620. The van der Waals surface area contributed by atoms with E-state index < -0.39 is 17.7 Å². The maximum atomic E-state index is 12.5. The average molecular weight is 356 g/mol. The van der Waals surface area contributed by atoms with Crippen LogP contribution in [-0.2, 0) is 9.53 Å². The Bertz CT molecular complexity index is 567. The molecule has 134 valence electrons. The number of hydrazine groups is 1. The highest BCUT2D eigenvalue weighted by Crippen LogP contribution is 2.16. The normalized spacial score (nSPS) is 12.5. The van der Waals surface area contributed by atoms with Crippen LogP contribution in [0.15, 0.2) is 24.3 Å². The van der Waals surface area contributed by atoms with E-state index in [4.69, 9.17) is 16.3 Å². The van der Waals surface area contributed by atoms with Gasteiger partial charge in [0.15, 0.2) is 0 Å². The monoisotopic (exact) mass is 355 g/mol. The Morgan fingerprint density at radius 3 is 2.17 bits per heavy atom. The van der Waals surface area contributed by atoms with Crippen molar-refractivity contribution >= 4 is 29.3 Å². The highest BCUT2D eigenvalue weighted by molar-refractivity contribution is 6.30. The lowest BCUT2D eigenvalue weighted by molar-refractivity contribution is -0.124. The van der Waals surface area contributed by atoms with Gasteiger partial charge in [-0.05, 0) is 51.0 Å². The largest absolute Gasteiger partial charge is 0.444 e. The van der Waals surface area contributed by atoms with Gasteiger partial charge < -0.3 is 10.1 Å². The molecular weight excluding hydrogens is 330 g/mol. The molecular formula is C17H26ClN3O3. The van der Waals surface area contributed by atoms with E-state index in [-0.39, 0.29) is 11.8 Å². The maximum absolute atomic E-state index is 12.5. The van der Waals surface area contributed by atoms with E-state index in [1.165, 1.54) is 0 Å². The fourth-order valence-corrected chi connectivity index (χ4v) is 2.06. The summed E-state index contributed by atoms with van der Waals surface area (Å²) in [5, 5.41) is 4.81. The Morgan fingerprint density at radius 1 is 1.17 bits per heavy atom. The summed E-state index contributed by atoms with van der Waals surface area (Å²) >= 11 is 5.86. The van der Waals surface area contributed by atoms with Crippen molar-refractivity contribution in [2.75, 3.05) is 12.1 Å². The minimum atomic E-state index is -0.713. The quantitative estimate of drug-likeness (QED) is 0.794.